The van der Waals surface area contributed by atoms with Gasteiger partial charge in [0.05, 0.1) is 7.11 Å². The van der Waals surface area contributed by atoms with Crippen molar-refractivity contribution in [1.29, 1.82) is 0 Å². The fourth-order valence-electron chi connectivity index (χ4n) is 5.67. The summed E-state index contributed by atoms with van der Waals surface area (Å²) < 4.78 is 11.8. The first-order valence-electron chi connectivity index (χ1n) is 8.27. The second kappa shape index (κ2) is 4.05. The molecule has 4 nitrogen and oxygen atoms in total. The molecule has 0 radical (unpaired) electrons. The number of piperidine rings is 1. The van der Waals surface area contributed by atoms with Crippen molar-refractivity contribution in [3.05, 3.63) is 23.3 Å². The predicted molar refractivity (Wildman–Crippen MR) is 81.6 cm³/mol. The maximum atomic E-state index is 12.6. The van der Waals surface area contributed by atoms with E-state index in [2.05, 4.69) is 18.0 Å². The summed E-state index contributed by atoms with van der Waals surface area (Å²) in [6, 6.07) is 4.73. The fraction of sp³-hybridized carbons (Fsp3) is 0.611. The van der Waals surface area contributed by atoms with Gasteiger partial charge >= 0.3 is 0 Å². The second-order valence-corrected chi connectivity index (χ2v) is 7.28. The summed E-state index contributed by atoms with van der Waals surface area (Å²) in [4.78, 5) is 15.1. The molecule has 1 saturated carbocycles. The van der Waals surface area contributed by atoms with Crippen LogP contribution < -0.4 is 9.47 Å². The van der Waals surface area contributed by atoms with Crippen LogP contribution in [0.2, 0.25) is 0 Å². The average molecular weight is 299 g/mol. The lowest BCUT2D eigenvalue weighted by Gasteiger charge is -2.57. The minimum absolute atomic E-state index is 0.0933. The Balaban J connectivity index is 1.81. The highest BCUT2D eigenvalue weighted by Gasteiger charge is 2.65. The Labute approximate surface area is 130 Å². The van der Waals surface area contributed by atoms with Gasteiger partial charge in [-0.2, -0.15) is 0 Å². The van der Waals surface area contributed by atoms with Gasteiger partial charge in [-0.15, -0.1) is 0 Å². The van der Waals surface area contributed by atoms with E-state index in [1.807, 2.05) is 6.07 Å². The number of benzene rings is 1. The highest BCUT2D eigenvalue weighted by Crippen LogP contribution is 2.62. The van der Waals surface area contributed by atoms with Crippen LogP contribution in [0, 0.1) is 5.92 Å². The molecule has 0 aromatic heterocycles. The molecule has 1 aromatic rings. The van der Waals surface area contributed by atoms with E-state index in [0.717, 1.165) is 37.3 Å². The van der Waals surface area contributed by atoms with Crippen LogP contribution in [-0.4, -0.2) is 43.5 Å². The smallest absolute Gasteiger partial charge is 0.174 e. The van der Waals surface area contributed by atoms with Crippen molar-refractivity contribution in [3.63, 3.8) is 0 Å². The summed E-state index contributed by atoms with van der Waals surface area (Å²) in [5.41, 5.74) is 2.57. The molecule has 2 aliphatic carbocycles. The average Bonchev–Trinajstić information content (AvgIpc) is 2.88. The number of nitrogens with zero attached hydrogens (tertiary/aromatic N) is 1. The minimum Gasteiger partial charge on any atom is -0.493 e. The van der Waals surface area contributed by atoms with Gasteiger partial charge in [-0.25, -0.2) is 0 Å². The number of carbonyl (C=O) groups is 1. The van der Waals surface area contributed by atoms with Gasteiger partial charge in [0.1, 0.15) is 0 Å². The molecule has 2 unspecified atom stereocenters. The van der Waals surface area contributed by atoms with E-state index >= 15 is 0 Å². The minimum atomic E-state index is -0.284. The normalized spacial score (nSPS) is 38.5. The Morgan fingerprint density at radius 3 is 3.09 bits per heavy atom. The van der Waals surface area contributed by atoms with Crippen molar-refractivity contribution in [2.75, 3.05) is 20.7 Å². The van der Waals surface area contributed by atoms with Crippen molar-refractivity contribution >= 4 is 5.78 Å². The highest BCUT2D eigenvalue weighted by molar-refractivity contribution is 5.89. The SMILES string of the molecule is COc1ccc2c3c1O[C@H]1C(=O)CCC4[C@@H](C2)N(C)CCC341. The zero-order chi connectivity index (χ0) is 15.1. The van der Waals surface area contributed by atoms with E-state index in [1.54, 1.807) is 7.11 Å². The number of likely N-dealkylation sites (tertiary alicyclic amines) is 1. The van der Waals surface area contributed by atoms with Gasteiger partial charge in [0.25, 0.3) is 0 Å². The molecule has 2 fully saturated rings. The number of ketones is 1. The van der Waals surface area contributed by atoms with E-state index in [4.69, 9.17) is 9.47 Å². The molecule has 1 saturated heterocycles. The maximum absolute atomic E-state index is 12.6. The Morgan fingerprint density at radius 2 is 2.27 bits per heavy atom. The third kappa shape index (κ3) is 1.27. The standard InChI is InChI=1S/C18H21NO3/c1-19-8-7-18-11-4-5-13(20)17(18)22-16-14(21-2)6-3-10(15(16)18)9-12(11)19/h3,6,11-12,17H,4-5,7-9H2,1-2H3/t11?,12-,17+,18?/m1/s1. The molecule has 0 amide bonds. The number of Topliss-reactive ketones (excluding diaryl/α,β-unsaturated/α-hetero) is 1. The molecular weight excluding hydrogens is 278 g/mol. The zero-order valence-electron chi connectivity index (χ0n) is 13.1. The number of likely N-dealkylation sites (N-methyl/N-ethyl adjacent to an activating group) is 1. The number of hydrogen-bond acceptors (Lipinski definition) is 4. The molecular formula is C18H21NO3. The molecule has 116 valence electrons. The van der Waals surface area contributed by atoms with Crippen molar-refractivity contribution < 1.29 is 14.3 Å². The van der Waals surface area contributed by atoms with Crippen LogP contribution in [0.25, 0.3) is 0 Å². The van der Waals surface area contributed by atoms with Crippen molar-refractivity contribution in [3.8, 4) is 11.5 Å². The van der Waals surface area contributed by atoms with Crippen molar-refractivity contribution in [2.45, 2.75) is 43.2 Å². The summed E-state index contributed by atoms with van der Waals surface area (Å²) in [7, 11) is 3.91. The van der Waals surface area contributed by atoms with Gasteiger partial charge in [0.15, 0.2) is 23.4 Å². The van der Waals surface area contributed by atoms with E-state index in [-0.39, 0.29) is 17.3 Å². The molecule has 4 atom stereocenters. The summed E-state index contributed by atoms with van der Waals surface area (Å²) in [6.45, 7) is 1.05. The summed E-state index contributed by atoms with van der Waals surface area (Å²) in [5, 5.41) is 0. The maximum Gasteiger partial charge on any atom is 0.174 e. The number of rotatable bonds is 1. The molecule has 0 N–H and O–H groups in total. The number of carbonyl (C=O) groups excluding carboxylic acids is 1. The van der Waals surface area contributed by atoms with Gasteiger partial charge < -0.3 is 14.4 Å². The van der Waals surface area contributed by atoms with Crippen LogP contribution in [-0.2, 0) is 16.6 Å². The van der Waals surface area contributed by atoms with Gasteiger partial charge in [0.2, 0.25) is 0 Å². The number of ether oxygens (including phenoxy) is 2. The van der Waals surface area contributed by atoms with Gasteiger partial charge in [0, 0.05) is 23.4 Å². The molecule has 4 aliphatic rings. The third-order valence-electron chi connectivity index (χ3n) is 6.59. The molecule has 2 aliphatic heterocycles. The zero-order valence-corrected chi connectivity index (χ0v) is 13.1. The quantitative estimate of drug-likeness (QED) is 0.794. The van der Waals surface area contributed by atoms with E-state index in [1.165, 1.54) is 11.1 Å². The lowest BCUT2D eigenvalue weighted by Crippen LogP contribution is -2.65. The van der Waals surface area contributed by atoms with Gasteiger partial charge in [-0.1, -0.05) is 6.07 Å². The molecule has 2 bridgehead atoms. The molecule has 5 rings (SSSR count). The van der Waals surface area contributed by atoms with Crippen LogP contribution in [0.3, 0.4) is 0 Å². The first-order chi connectivity index (χ1) is 10.7. The van der Waals surface area contributed by atoms with Crippen LogP contribution >= 0.6 is 0 Å². The Bertz CT molecular complexity index is 685. The second-order valence-electron chi connectivity index (χ2n) is 7.28. The molecule has 1 aromatic carbocycles. The molecule has 1 spiro atoms. The van der Waals surface area contributed by atoms with Crippen LogP contribution in [0.1, 0.15) is 30.4 Å². The van der Waals surface area contributed by atoms with E-state index in [0.29, 0.717) is 18.4 Å². The lowest BCUT2D eigenvalue weighted by molar-refractivity contribution is -0.138. The molecule has 22 heavy (non-hydrogen) atoms. The van der Waals surface area contributed by atoms with Crippen LogP contribution in [0.4, 0.5) is 0 Å². The monoisotopic (exact) mass is 299 g/mol. The highest BCUT2D eigenvalue weighted by atomic mass is 16.5. The Kier molecular flexibility index (Phi) is 2.38. The topological polar surface area (TPSA) is 38.8 Å². The van der Waals surface area contributed by atoms with Gasteiger partial charge in [-0.3, -0.25) is 4.79 Å². The van der Waals surface area contributed by atoms with Crippen molar-refractivity contribution in [1.82, 2.24) is 4.90 Å². The largest absolute Gasteiger partial charge is 0.493 e. The molecule has 2 heterocycles. The first kappa shape index (κ1) is 12.9. The first-order valence-corrected chi connectivity index (χ1v) is 8.27. The fourth-order valence-corrected chi connectivity index (χ4v) is 5.67. The summed E-state index contributed by atoms with van der Waals surface area (Å²) >= 11 is 0. The Morgan fingerprint density at radius 1 is 1.41 bits per heavy atom. The third-order valence-corrected chi connectivity index (χ3v) is 6.59. The number of hydrogen-bond donors (Lipinski definition) is 0. The lowest BCUT2D eigenvalue weighted by atomic mass is 9.52. The molecule has 4 heteroatoms. The van der Waals surface area contributed by atoms with Crippen LogP contribution in [0.5, 0.6) is 11.5 Å². The van der Waals surface area contributed by atoms with Gasteiger partial charge in [-0.05, 0) is 50.4 Å². The summed E-state index contributed by atoms with van der Waals surface area (Å²) in [5.74, 6) is 2.46. The van der Waals surface area contributed by atoms with Crippen LogP contribution in [0.15, 0.2) is 12.1 Å². The Hall–Kier alpha value is -1.55. The van der Waals surface area contributed by atoms with E-state index in [9.17, 15) is 4.79 Å². The summed E-state index contributed by atoms with van der Waals surface area (Å²) in [6.07, 6.45) is 3.47. The van der Waals surface area contributed by atoms with E-state index < -0.39 is 0 Å². The van der Waals surface area contributed by atoms with Crippen molar-refractivity contribution in [2.24, 2.45) is 5.92 Å². The predicted octanol–water partition coefficient (Wildman–Crippen LogP) is 1.93. The number of methoxy groups -OCH3 is 1.